The molecule has 0 saturated heterocycles. The second-order valence-corrected chi connectivity index (χ2v) is 5.65. The Morgan fingerprint density at radius 1 is 0.920 bits per heavy atom. The molecule has 2 amide bonds. The molecule has 5 heteroatoms. The lowest BCUT2D eigenvalue weighted by molar-refractivity contribution is -0.116. The topological polar surface area (TPSA) is 66.5 Å². The second kappa shape index (κ2) is 8.06. The van der Waals surface area contributed by atoms with Crippen LogP contribution in [0.5, 0.6) is 0 Å². The first-order valence-corrected chi connectivity index (χ1v) is 7.82. The highest BCUT2D eigenvalue weighted by Gasteiger charge is 2.13. The lowest BCUT2D eigenvalue weighted by Gasteiger charge is -2.17. The zero-order valence-electron chi connectivity index (χ0n) is 14.4. The summed E-state index contributed by atoms with van der Waals surface area (Å²) in [6.45, 7) is 3.08. The molecule has 0 heterocycles. The molecule has 2 aromatic rings. The monoisotopic (exact) mass is 336 g/mol. The van der Waals surface area contributed by atoms with Crippen molar-refractivity contribution in [3.05, 3.63) is 71.8 Å². The van der Waals surface area contributed by atoms with Gasteiger partial charge in [0.05, 0.1) is 0 Å². The third-order valence-corrected chi connectivity index (χ3v) is 3.69. The second-order valence-electron chi connectivity index (χ2n) is 5.65. The molecule has 0 aliphatic heterocycles. The number of nitrogens with zero attached hydrogens (tertiary/aromatic N) is 1. The average molecular weight is 336 g/mol. The van der Waals surface area contributed by atoms with E-state index in [9.17, 15) is 14.4 Å². The van der Waals surface area contributed by atoms with E-state index in [1.165, 1.54) is 17.9 Å². The number of rotatable bonds is 5. The van der Waals surface area contributed by atoms with Crippen molar-refractivity contribution < 1.29 is 14.4 Å². The molecule has 2 rings (SSSR count). The number of likely N-dealkylation sites (N-methyl/N-ethyl adjacent to an activating group) is 1. The number of benzene rings is 2. The maximum Gasteiger partial charge on any atom is 0.253 e. The Bertz CT molecular complexity index is 809. The minimum atomic E-state index is -0.400. The van der Waals surface area contributed by atoms with Crippen LogP contribution in [-0.2, 0) is 9.59 Å². The SMILES string of the molecule is CC(=O)c1ccc(NC(=O)/C=C(/C)C(=O)N(C)c2ccccc2)cc1. The van der Waals surface area contributed by atoms with Gasteiger partial charge in [-0.3, -0.25) is 14.4 Å². The van der Waals surface area contributed by atoms with Crippen LogP contribution in [0, 0.1) is 0 Å². The van der Waals surface area contributed by atoms with E-state index in [1.54, 1.807) is 38.2 Å². The van der Waals surface area contributed by atoms with Crippen molar-refractivity contribution in [2.45, 2.75) is 13.8 Å². The number of hydrogen-bond donors (Lipinski definition) is 1. The van der Waals surface area contributed by atoms with Gasteiger partial charge in [0.25, 0.3) is 5.91 Å². The van der Waals surface area contributed by atoms with Crippen LogP contribution in [0.25, 0.3) is 0 Å². The minimum Gasteiger partial charge on any atom is -0.323 e. The molecule has 0 radical (unpaired) electrons. The number of Topliss-reactive ketones (excluding diaryl/α,β-unsaturated/α-hetero) is 1. The van der Waals surface area contributed by atoms with Crippen molar-refractivity contribution >= 4 is 29.0 Å². The molecule has 0 atom stereocenters. The zero-order valence-corrected chi connectivity index (χ0v) is 14.4. The van der Waals surface area contributed by atoms with Crippen molar-refractivity contribution in [2.75, 3.05) is 17.3 Å². The third kappa shape index (κ3) is 4.88. The highest BCUT2D eigenvalue weighted by atomic mass is 16.2. The van der Waals surface area contributed by atoms with Crippen LogP contribution in [-0.4, -0.2) is 24.6 Å². The molecule has 0 unspecified atom stereocenters. The Kier molecular flexibility index (Phi) is 5.84. The minimum absolute atomic E-state index is 0.0387. The molecule has 0 fully saturated rings. The van der Waals surface area contributed by atoms with Crippen molar-refractivity contribution in [2.24, 2.45) is 0 Å². The molecule has 5 nitrogen and oxygen atoms in total. The Morgan fingerprint density at radius 2 is 1.52 bits per heavy atom. The summed E-state index contributed by atoms with van der Waals surface area (Å²) in [6, 6.07) is 15.8. The number of anilines is 2. The van der Waals surface area contributed by atoms with Crippen LogP contribution >= 0.6 is 0 Å². The maximum absolute atomic E-state index is 12.4. The molecule has 0 aliphatic carbocycles. The van der Waals surface area contributed by atoms with Gasteiger partial charge in [0, 0.05) is 35.6 Å². The van der Waals surface area contributed by atoms with E-state index in [2.05, 4.69) is 5.32 Å². The Hall–Kier alpha value is -3.21. The van der Waals surface area contributed by atoms with E-state index in [1.807, 2.05) is 30.3 Å². The van der Waals surface area contributed by atoms with Crippen LogP contribution in [0.1, 0.15) is 24.2 Å². The molecule has 128 valence electrons. The highest BCUT2D eigenvalue weighted by molar-refractivity contribution is 6.10. The zero-order chi connectivity index (χ0) is 18.4. The summed E-state index contributed by atoms with van der Waals surface area (Å²) in [4.78, 5) is 37.2. The predicted molar refractivity (Wildman–Crippen MR) is 98.7 cm³/mol. The maximum atomic E-state index is 12.4. The summed E-state index contributed by atoms with van der Waals surface area (Å²) < 4.78 is 0. The molecular formula is C20H20N2O3. The molecule has 1 N–H and O–H groups in total. The Labute approximate surface area is 147 Å². The van der Waals surface area contributed by atoms with E-state index in [0.717, 1.165) is 5.69 Å². The van der Waals surface area contributed by atoms with Crippen molar-refractivity contribution in [3.8, 4) is 0 Å². The van der Waals surface area contributed by atoms with Crippen LogP contribution < -0.4 is 10.2 Å². The van der Waals surface area contributed by atoms with E-state index in [-0.39, 0.29) is 11.7 Å². The van der Waals surface area contributed by atoms with Crippen LogP contribution in [0.4, 0.5) is 11.4 Å². The van der Waals surface area contributed by atoms with Crippen LogP contribution in [0.3, 0.4) is 0 Å². The fourth-order valence-corrected chi connectivity index (χ4v) is 2.26. The number of para-hydroxylation sites is 1. The Balaban J connectivity index is 2.04. The van der Waals surface area contributed by atoms with Gasteiger partial charge in [-0.2, -0.15) is 0 Å². The number of hydrogen-bond acceptors (Lipinski definition) is 3. The fourth-order valence-electron chi connectivity index (χ4n) is 2.26. The average Bonchev–Trinajstić information content (AvgIpc) is 2.61. The number of amides is 2. The molecule has 0 spiro atoms. The number of carbonyl (C=O) groups is 3. The summed E-state index contributed by atoms with van der Waals surface area (Å²) in [5.41, 5.74) is 2.21. The molecular weight excluding hydrogens is 316 g/mol. The van der Waals surface area contributed by atoms with Gasteiger partial charge in [-0.15, -0.1) is 0 Å². The van der Waals surface area contributed by atoms with Gasteiger partial charge in [-0.25, -0.2) is 0 Å². The van der Waals surface area contributed by atoms with E-state index in [0.29, 0.717) is 16.8 Å². The van der Waals surface area contributed by atoms with Gasteiger partial charge in [0.2, 0.25) is 5.91 Å². The molecule has 0 saturated carbocycles. The first-order chi connectivity index (χ1) is 11.9. The third-order valence-electron chi connectivity index (χ3n) is 3.69. The quantitative estimate of drug-likeness (QED) is 0.672. The predicted octanol–water partition coefficient (Wildman–Crippen LogP) is 3.44. The Morgan fingerprint density at radius 3 is 2.08 bits per heavy atom. The summed E-state index contributed by atoms with van der Waals surface area (Å²) in [5.74, 6) is -0.695. The van der Waals surface area contributed by atoms with Gasteiger partial charge in [0.15, 0.2) is 5.78 Å². The molecule has 0 aromatic heterocycles. The first-order valence-electron chi connectivity index (χ1n) is 7.82. The standard InChI is InChI=1S/C20H20N2O3/c1-14(20(25)22(3)18-7-5-4-6-8-18)13-19(24)21-17-11-9-16(10-12-17)15(2)23/h4-13H,1-3H3,(H,21,24)/b14-13-. The van der Waals surface area contributed by atoms with Gasteiger partial charge in [-0.1, -0.05) is 18.2 Å². The normalized spacial score (nSPS) is 10.9. The highest BCUT2D eigenvalue weighted by Crippen LogP contribution is 2.14. The number of carbonyl (C=O) groups excluding carboxylic acids is 3. The molecule has 2 aromatic carbocycles. The summed E-state index contributed by atoms with van der Waals surface area (Å²) in [6.07, 6.45) is 1.26. The molecule has 0 aliphatic rings. The number of ketones is 1. The van der Waals surface area contributed by atoms with Gasteiger partial charge < -0.3 is 10.2 Å². The van der Waals surface area contributed by atoms with Crippen LogP contribution in [0.15, 0.2) is 66.2 Å². The fraction of sp³-hybridized carbons (Fsp3) is 0.150. The summed E-state index contributed by atoms with van der Waals surface area (Å²) >= 11 is 0. The first kappa shape index (κ1) is 18.1. The van der Waals surface area contributed by atoms with Gasteiger partial charge in [0.1, 0.15) is 0 Å². The van der Waals surface area contributed by atoms with Crippen molar-refractivity contribution in [1.29, 1.82) is 0 Å². The van der Waals surface area contributed by atoms with Gasteiger partial charge in [-0.05, 0) is 50.2 Å². The van der Waals surface area contributed by atoms with Crippen molar-refractivity contribution in [1.82, 2.24) is 0 Å². The summed E-state index contributed by atoms with van der Waals surface area (Å²) in [7, 11) is 1.66. The van der Waals surface area contributed by atoms with Crippen molar-refractivity contribution in [3.63, 3.8) is 0 Å². The van der Waals surface area contributed by atoms with Crippen LogP contribution in [0.2, 0.25) is 0 Å². The molecule has 0 bridgehead atoms. The van der Waals surface area contributed by atoms with Gasteiger partial charge >= 0.3 is 0 Å². The lowest BCUT2D eigenvalue weighted by atomic mass is 10.1. The lowest BCUT2D eigenvalue weighted by Crippen LogP contribution is -2.27. The number of nitrogens with one attached hydrogen (secondary N) is 1. The summed E-state index contributed by atoms with van der Waals surface area (Å²) in [5, 5.41) is 2.68. The van der Waals surface area contributed by atoms with E-state index in [4.69, 9.17) is 0 Å². The smallest absolute Gasteiger partial charge is 0.253 e. The largest absolute Gasteiger partial charge is 0.323 e. The van der Waals surface area contributed by atoms with E-state index >= 15 is 0 Å². The molecule has 25 heavy (non-hydrogen) atoms. The van der Waals surface area contributed by atoms with E-state index < -0.39 is 5.91 Å².